The van der Waals surface area contributed by atoms with Crippen LogP contribution in [0.5, 0.6) is 0 Å². The van der Waals surface area contributed by atoms with E-state index >= 15 is 0 Å². The Balaban J connectivity index is 1.79. The maximum atomic E-state index is 12.0. The lowest BCUT2D eigenvalue weighted by molar-refractivity contribution is -0.114. The van der Waals surface area contributed by atoms with E-state index in [-0.39, 0.29) is 18.4 Å². The van der Waals surface area contributed by atoms with Gasteiger partial charge in [-0.1, -0.05) is 31.0 Å². The summed E-state index contributed by atoms with van der Waals surface area (Å²) in [7, 11) is 0. The number of hydrogen-bond acceptors (Lipinski definition) is 3. The molecule has 0 saturated heterocycles. The summed E-state index contributed by atoms with van der Waals surface area (Å²) in [5, 5.41) is 8.76. The second-order valence-corrected chi connectivity index (χ2v) is 5.95. The largest absolute Gasteiger partial charge is 0.376 e. The van der Waals surface area contributed by atoms with Crippen LogP contribution in [0.15, 0.2) is 48.5 Å². The van der Waals surface area contributed by atoms with Gasteiger partial charge in [0.25, 0.3) is 5.91 Å². The van der Waals surface area contributed by atoms with Crippen LogP contribution in [0.4, 0.5) is 11.4 Å². The van der Waals surface area contributed by atoms with Gasteiger partial charge in [-0.25, -0.2) is 0 Å². The Hall–Kier alpha value is -2.82. The number of nitrogens with one attached hydrogen (secondary N) is 3. The summed E-state index contributed by atoms with van der Waals surface area (Å²) in [6, 6.07) is 14.8. The van der Waals surface area contributed by atoms with Gasteiger partial charge in [0, 0.05) is 23.5 Å². The first-order valence-electron chi connectivity index (χ1n) is 8.57. The molecular weight excluding hydrogens is 314 g/mol. The topological polar surface area (TPSA) is 70.2 Å². The smallest absolute Gasteiger partial charge is 0.251 e. The molecule has 5 heteroatoms. The molecule has 0 radical (unpaired) electrons. The minimum atomic E-state index is -0.120. The highest BCUT2D eigenvalue weighted by Crippen LogP contribution is 2.11. The zero-order valence-corrected chi connectivity index (χ0v) is 14.8. The minimum absolute atomic E-state index is 0.0721. The fourth-order valence-electron chi connectivity index (χ4n) is 2.24. The van der Waals surface area contributed by atoms with Gasteiger partial charge >= 0.3 is 0 Å². The highest BCUT2D eigenvalue weighted by molar-refractivity contribution is 5.95. The van der Waals surface area contributed by atoms with Crippen LogP contribution in [-0.4, -0.2) is 24.9 Å². The molecule has 2 rings (SSSR count). The van der Waals surface area contributed by atoms with Gasteiger partial charge in [-0.3, -0.25) is 9.59 Å². The minimum Gasteiger partial charge on any atom is -0.376 e. The second-order valence-electron chi connectivity index (χ2n) is 5.95. The number of aryl methyl sites for hydroxylation is 1. The zero-order valence-electron chi connectivity index (χ0n) is 14.8. The summed E-state index contributed by atoms with van der Waals surface area (Å²) in [6.45, 7) is 4.94. The Morgan fingerprint density at radius 2 is 1.56 bits per heavy atom. The molecule has 0 bridgehead atoms. The van der Waals surface area contributed by atoms with Gasteiger partial charge in [0.05, 0.1) is 6.54 Å². The van der Waals surface area contributed by atoms with Gasteiger partial charge in [-0.15, -0.1) is 0 Å². The van der Waals surface area contributed by atoms with Crippen molar-refractivity contribution in [3.63, 3.8) is 0 Å². The van der Waals surface area contributed by atoms with E-state index in [0.29, 0.717) is 12.1 Å². The molecule has 0 aliphatic carbocycles. The Morgan fingerprint density at radius 3 is 2.20 bits per heavy atom. The van der Waals surface area contributed by atoms with E-state index < -0.39 is 0 Å². The van der Waals surface area contributed by atoms with Crippen molar-refractivity contribution in [1.29, 1.82) is 0 Å². The molecule has 2 aromatic rings. The van der Waals surface area contributed by atoms with Crippen molar-refractivity contribution >= 4 is 23.2 Å². The Kier molecular flexibility index (Phi) is 7.01. The molecule has 0 saturated carbocycles. The van der Waals surface area contributed by atoms with E-state index in [0.717, 1.165) is 29.8 Å². The zero-order chi connectivity index (χ0) is 18.1. The molecule has 3 N–H and O–H groups in total. The third-order valence-electron chi connectivity index (χ3n) is 3.75. The van der Waals surface area contributed by atoms with E-state index in [2.05, 4.69) is 22.9 Å². The molecule has 132 valence electrons. The number of benzene rings is 2. The lowest BCUT2D eigenvalue weighted by Crippen LogP contribution is -2.24. The molecule has 25 heavy (non-hydrogen) atoms. The predicted octanol–water partition coefficient (Wildman–Crippen LogP) is 3.58. The maximum absolute atomic E-state index is 12.0. The van der Waals surface area contributed by atoms with Crippen molar-refractivity contribution in [3.05, 3.63) is 59.7 Å². The SMILES string of the molecule is CCCCNC(=O)c1ccc(NCC(=O)Nc2ccc(C)cc2)cc1. The number of anilines is 2. The number of carbonyl (C=O) groups excluding carboxylic acids is 2. The number of amides is 2. The van der Waals surface area contributed by atoms with Crippen LogP contribution in [-0.2, 0) is 4.79 Å². The lowest BCUT2D eigenvalue weighted by Gasteiger charge is -2.09. The molecule has 0 aromatic heterocycles. The van der Waals surface area contributed by atoms with Crippen molar-refractivity contribution < 1.29 is 9.59 Å². The van der Waals surface area contributed by atoms with Crippen LogP contribution in [0.25, 0.3) is 0 Å². The van der Waals surface area contributed by atoms with Gasteiger partial charge < -0.3 is 16.0 Å². The van der Waals surface area contributed by atoms with Crippen LogP contribution in [0.2, 0.25) is 0 Å². The van der Waals surface area contributed by atoms with Gasteiger partial charge in [0.1, 0.15) is 0 Å². The molecule has 0 fully saturated rings. The van der Waals surface area contributed by atoms with E-state index in [1.165, 1.54) is 0 Å². The third kappa shape index (κ3) is 6.30. The predicted molar refractivity (Wildman–Crippen MR) is 102 cm³/mol. The van der Waals surface area contributed by atoms with Gasteiger partial charge in [0.2, 0.25) is 5.91 Å². The van der Waals surface area contributed by atoms with Crippen molar-refractivity contribution in [2.45, 2.75) is 26.7 Å². The average Bonchev–Trinajstić information content (AvgIpc) is 2.62. The maximum Gasteiger partial charge on any atom is 0.251 e. The number of carbonyl (C=O) groups is 2. The first kappa shape index (κ1) is 18.5. The molecule has 0 aliphatic rings. The quantitative estimate of drug-likeness (QED) is 0.644. The summed E-state index contributed by atoms with van der Waals surface area (Å²) in [5.41, 5.74) is 3.33. The van der Waals surface area contributed by atoms with Gasteiger partial charge in [-0.05, 0) is 49.7 Å². The molecule has 0 aliphatic heterocycles. The summed E-state index contributed by atoms with van der Waals surface area (Å²) < 4.78 is 0. The second kappa shape index (κ2) is 9.47. The molecule has 0 heterocycles. The van der Waals surface area contributed by atoms with Crippen molar-refractivity contribution in [2.75, 3.05) is 23.7 Å². The van der Waals surface area contributed by atoms with E-state index in [4.69, 9.17) is 0 Å². The summed E-state index contributed by atoms with van der Waals surface area (Å²) >= 11 is 0. The van der Waals surface area contributed by atoms with Crippen LogP contribution in [0.3, 0.4) is 0 Å². The van der Waals surface area contributed by atoms with Crippen molar-refractivity contribution in [2.24, 2.45) is 0 Å². The Labute approximate surface area is 148 Å². The highest BCUT2D eigenvalue weighted by Gasteiger charge is 2.05. The number of unbranched alkanes of at least 4 members (excludes halogenated alkanes) is 1. The third-order valence-corrected chi connectivity index (χ3v) is 3.75. The van der Waals surface area contributed by atoms with Gasteiger partial charge in [0.15, 0.2) is 0 Å². The highest BCUT2D eigenvalue weighted by atomic mass is 16.2. The van der Waals surface area contributed by atoms with Crippen molar-refractivity contribution in [1.82, 2.24) is 5.32 Å². The normalized spacial score (nSPS) is 10.2. The number of rotatable bonds is 8. The fraction of sp³-hybridized carbons (Fsp3) is 0.300. The molecule has 0 unspecified atom stereocenters. The summed E-state index contributed by atoms with van der Waals surface area (Å²) in [5.74, 6) is -0.192. The molecule has 0 atom stereocenters. The first-order chi connectivity index (χ1) is 12.1. The van der Waals surface area contributed by atoms with E-state index in [1.54, 1.807) is 24.3 Å². The standard InChI is InChI=1S/C20H25N3O2/c1-3-4-13-21-20(25)16-7-11-17(12-8-16)22-14-19(24)23-18-9-5-15(2)6-10-18/h5-12,22H,3-4,13-14H2,1-2H3,(H,21,25)(H,23,24). The molecule has 5 nitrogen and oxygen atoms in total. The van der Waals surface area contributed by atoms with E-state index in [1.807, 2.05) is 31.2 Å². The van der Waals surface area contributed by atoms with Crippen LogP contribution < -0.4 is 16.0 Å². The molecule has 2 amide bonds. The molecule has 2 aromatic carbocycles. The molecular formula is C20H25N3O2. The fourth-order valence-corrected chi connectivity index (χ4v) is 2.24. The lowest BCUT2D eigenvalue weighted by atomic mass is 10.2. The van der Waals surface area contributed by atoms with Crippen LogP contribution in [0, 0.1) is 6.92 Å². The van der Waals surface area contributed by atoms with Crippen LogP contribution >= 0.6 is 0 Å². The van der Waals surface area contributed by atoms with Crippen molar-refractivity contribution in [3.8, 4) is 0 Å². The Bertz CT molecular complexity index is 694. The first-order valence-corrected chi connectivity index (χ1v) is 8.57. The van der Waals surface area contributed by atoms with Gasteiger partial charge in [-0.2, -0.15) is 0 Å². The Morgan fingerprint density at radius 1 is 0.920 bits per heavy atom. The monoisotopic (exact) mass is 339 g/mol. The summed E-state index contributed by atoms with van der Waals surface area (Å²) in [6.07, 6.45) is 2.02. The summed E-state index contributed by atoms with van der Waals surface area (Å²) in [4.78, 5) is 23.9. The molecule has 0 spiro atoms. The number of hydrogen-bond donors (Lipinski definition) is 3. The average molecular weight is 339 g/mol. The van der Waals surface area contributed by atoms with E-state index in [9.17, 15) is 9.59 Å². The van der Waals surface area contributed by atoms with Crippen LogP contribution in [0.1, 0.15) is 35.7 Å².